The summed E-state index contributed by atoms with van der Waals surface area (Å²) in [6, 6.07) is 0. The molecule has 0 saturated heterocycles. The van der Waals surface area contributed by atoms with Crippen LogP contribution < -0.4 is 0 Å². The van der Waals surface area contributed by atoms with E-state index in [4.69, 9.17) is 16.3 Å². The van der Waals surface area contributed by atoms with Crippen LogP contribution in [0.15, 0.2) is 9.63 Å². The molecule has 0 saturated carbocycles. The Balaban J connectivity index is 2.45. The Morgan fingerprint density at radius 2 is 2.00 bits per heavy atom. The first kappa shape index (κ1) is 15.1. The van der Waals surface area contributed by atoms with Crippen molar-refractivity contribution in [3.63, 3.8) is 0 Å². The largest absolute Gasteiger partial charge is 0.372 e. The summed E-state index contributed by atoms with van der Waals surface area (Å²) in [6.45, 7) is 1.97. The van der Waals surface area contributed by atoms with Gasteiger partial charge in [0.2, 0.25) is 15.0 Å². The van der Waals surface area contributed by atoms with Crippen molar-refractivity contribution in [3.8, 4) is 0 Å². The molecule has 1 aliphatic rings. The van der Waals surface area contributed by atoms with Gasteiger partial charge >= 0.3 is 0 Å². The predicted octanol–water partition coefficient (Wildman–Crippen LogP) is 3.01. The maximum atomic E-state index is 14.5. The van der Waals surface area contributed by atoms with Gasteiger partial charge in [0.1, 0.15) is 10.7 Å². The van der Waals surface area contributed by atoms with Gasteiger partial charge in [-0.15, -0.1) is 0 Å². The minimum absolute atomic E-state index is 0.0832. The van der Waals surface area contributed by atoms with Gasteiger partial charge in [0.15, 0.2) is 5.82 Å². The SMILES string of the molecule is CCS(=O)(=O)c1nc(Cl)c2c3c(c(Br)c(F)c2n1)COC3. The van der Waals surface area contributed by atoms with E-state index in [-0.39, 0.29) is 34.1 Å². The van der Waals surface area contributed by atoms with Crippen LogP contribution in [0.3, 0.4) is 0 Å². The monoisotopic (exact) mass is 394 g/mol. The summed E-state index contributed by atoms with van der Waals surface area (Å²) < 4.78 is 43.8. The molecule has 0 fully saturated rings. The first-order valence-electron chi connectivity index (χ1n) is 6.03. The van der Waals surface area contributed by atoms with E-state index in [2.05, 4.69) is 25.9 Å². The van der Waals surface area contributed by atoms with Crippen LogP contribution in [0.5, 0.6) is 0 Å². The van der Waals surface area contributed by atoms with Gasteiger partial charge in [-0.2, -0.15) is 0 Å². The van der Waals surface area contributed by atoms with Gasteiger partial charge in [0.25, 0.3) is 0 Å². The molecule has 0 N–H and O–H groups in total. The van der Waals surface area contributed by atoms with Gasteiger partial charge in [-0.1, -0.05) is 18.5 Å². The Morgan fingerprint density at radius 3 is 2.67 bits per heavy atom. The summed E-state index contributed by atoms with van der Waals surface area (Å²) in [7, 11) is -3.68. The van der Waals surface area contributed by atoms with E-state index >= 15 is 0 Å². The predicted molar refractivity (Wildman–Crippen MR) is 78.4 cm³/mol. The minimum Gasteiger partial charge on any atom is -0.372 e. The maximum absolute atomic E-state index is 14.5. The lowest BCUT2D eigenvalue weighted by molar-refractivity contribution is 0.134. The molecule has 1 aromatic carbocycles. The molecule has 112 valence electrons. The van der Waals surface area contributed by atoms with E-state index in [1.165, 1.54) is 6.92 Å². The van der Waals surface area contributed by atoms with Gasteiger partial charge in [0.05, 0.1) is 23.4 Å². The van der Waals surface area contributed by atoms with E-state index in [1.807, 2.05) is 0 Å². The average Bonchev–Trinajstić information content (AvgIpc) is 2.93. The third-order valence-corrected chi connectivity index (χ3v) is 5.93. The normalized spacial score (nSPS) is 14.7. The summed E-state index contributed by atoms with van der Waals surface area (Å²) in [5.41, 5.74) is 1.22. The number of halogens is 3. The van der Waals surface area contributed by atoms with E-state index < -0.39 is 20.8 Å². The highest BCUT2D eigenvalue weighted by Gasteiger charge is 2.27. The summed E-state index contributed by atoms with van der Waals surface area (Å²) in [4.78, 5) is 7.69. The van der Waals surface area contributed by atoms with E-state index in [0.29, 0.717) is 16.5 Å². The Morgan fingerprint density at radius 1 is 1.33 bits per heavy atom. The second kappa shape index (κ2) is 5.12. The van der Waals surface area contributed by atoms with Crippen LogP contribution in [0.1, 0.15) is 18.1 Å². The highest BCUT2D eigenvalue weighted by Crippen LogP contribution is 2.39. The van der Waals surface area contributed by atoms with Crippen LogP contribution in [0.2, 0.25) is 5.15 Å². The van der Waals surface area contributed by atoms with Crippen LogP contribution in [0.25, 0.3) is 10.9 Å². The molecule has 21 heavy (non-hydrogen) atoms. The minimum atomic E-state index is -3.68. The van der Waals surface area contributed by atoms with Crippen molar-refractivity contribution in [3.05, 3.63) is 26.6 Å². The first-order chi connectivity index (χ1) is 9.86. The van der Waals surface area contributed by atoms with Crippen molar-refractivity contribution < 1.29 is 17.5 Å². The number of aromatic nitrogens is 2. The van der Waals surface area contributed by atoms with Crippen LogP contribution in [-0.2, 0) is 27.8 Å². The van der Waals surface area contributed by atoms with E-state index in [9.17, 15) is 12.8 Å². The molecule has 2 heterocycles. The molecule has 9 heteroatoms. The number of benzene rings is 1. The number of ether oxygens (including phenoxy) is 1. The number of fused-ring (bicyclic) bond motifs is 3. The van der Waals surface area contributed by atoms with Crippen molar-refractivity contribution in [2.45, 2.75) is 25.3 Å². The molecule has 0 bridgehead atoms. The van der Waals surface area contributed by atoms with E-state index in [0.717, 1.165) is 0 Å². The van der Waals surface area contributed by atoms with Crippen molar-refractivity contribution in [1.82, 2.24) is 9.97 Å². The molecule has 5 nitrogen and oxygen atoms in total. The number of rotatable bonds is 2. The molecule has 0 unspecified atom stereocenters. The molecule has 1 aliphatic heterocycles. The molecule has 0 aliphatic carbocycles. The molecule has 0 radical (unpaired) electrons. The van der Waals surface area contributed by atoms with Gasteiger partial charge in [-0.25, -0.2) is 22.8 Å². The zero-order valence-electron chi connectivity index (χ0n) is 10.8. The third kappa shape index (κ3) is 2.25. The number of hydrogen-bond acceptors (Lipinski definition) is 5. The van der Waals surface area contributed by atoms with Gasteiger partial charge < -0.3 is 4.74 Å². The highest BCUT2D eigenvalue weighted by atomic mass is 79.9. The molecule has 0 amide bonds. The summed E-state index contributed by atoms with van der Waals surface area (Å²) in [6.07, 6.45) is 0. The Bertz CT molecular complexity index is 873. The smallest absolute Gasteiger partial charge is 0.249 e. The Hall–Kier alpha value is -0.830. The summed E-state index contributed by atoms with van der Waals surface area (Å²) in [5, 5.41) is -0.243. The molecular weight excluding hydrogens is 387 g/mol. The second-order valence-corrected chi connectivity index (χ2v) is 7.82. The highest BCUT2D eigenvalue weighted by molar-refractivity contribution is 9.10. The van der Waals surface area contributed by atoms with Gasteiger partial charge in [0, 0.05) is 10.9 Å². The van der Waals surface area contributed by atoms with E-state index in [1.54, 1.807) is 0 Å². The van der Waals surface area contributed by atoms with Crippen molar-refractivity contribution in [2.75, 3.05) is 5.75 Å². The molecule has 0 spiro atoms. The lowest BCUT2D eigenvalue weighted by Crippen LogP contribution is -2.10. The first-order valence-corrected chi connectivity index (χ1v) is 8.85. The van der Waals surface area contributed by atoms with Crippen LogP contribution in [-0.4, -0.2) is 24.1 Å². The summed E-state index contributed by atoms with van der Waals surface area (Å²) in [5.74, 6) is -0.850. The van der Waals surface area contributed by atoms with Crippen molar-refractivity contribution >= 4 is 48.3 Å². The zero-order valence-corrected chi connectivity index (χ0v) is 13.9. The average molecular weight is 396 g/mol. The van der Waals surface area contributed by atoms with Crippen molar-refractivity contribution in [1.29, 1.82) is 0 Å². The molecule has 1 aromatic heterocycles. The Kier molecular flexibility index (Phi) is 3.67. The van der Waals surface area contributed by atoms with Gasteiger partial charge in [-0.05, 0) is 21.5 Å². The summed E-state index contributed by atoms with van der Waals surface area (Å²) >= 11 is 9.24. The maximum Gasteiger partial charge on any atom is 0.249 e. The lowest BCUT2D eigenvalue weighted by Gasteiger charge is -2.10. The quantitative estimate of drug-likeness (QED) is 0.577. The number of sulfone groups is 1. The fraction of sp³-hybridized carbons (Fsp3) is 0.333. The van der Waals surface area contributed by atoms with Gasteiger partial charge in [-0.3, -0.25) is 0 Å². The zero-order chi connectivity index (χ0) is 15.4. The topological polar surface area (TPSA) is 69.2 Å². The lowest BCUT2D eigenvalue weighted by atomic mass is 10.1. The molecular formula is C12H9BrClFN2O3S. The number of hydrogen-bond donors (Lipinski definition) is 0. The molecule has 0 atom stereocenters. The fourth-order valence-corrected chi connectivity index (χ4v) is 3.79. The van der Waals surface area contributed by atoms with Crippen molar-refractivity contribution in [2.24, 2.45) is 0 Å². The molecule has 3 rings (SSSR count). The number of nitrogens with zero attached hydrogens (tertiary/aromatic N) is 2. The third-order valence-electron chi connectivity index (χ3n) is 3.33. The molecule has 2 aromatic rings. The van der Waals surface area contributed by atoms with Crippen LogP contribution in [0, 0.1) is 5.82 Å². The Labute approximate surface area is 133 Å². The van der Waals surface area contributed by atoms with Crippen LogP contribution in [0.4, 0.5) is 4.39 Å². The second-order valence-electron chi connectivity index (χ2n) is 4.50. The van der Waals surface area contributed by atoms with Crippen LogP contribution >= 0.6 is 27.5 Å². The standard InChI is InChI=1S/C12H9BrClFN2O3S/c1-2-21(18,19)12-16-10-7(11(14)17-12)5-3-20-4-6(5)8(13)9(10)15/h2-4H2,1H3. The fourth-order valence-electron chi connectivity index (χ4n) is 2.19.